The lowest BCUT2D eigenvalue weighted by atomic mass is 10.1. The molecular weight excluding hydrogens is 462 g/mol. The number of benzene rings is 2. The highest BCUT2D eigenvalue weighted by Gasteiger charge is 2.27. The van der Waals surface area contributed by atoms with Crippen molar-refractivity contribution in [3.05, 3.63) is 54.6 Å². The van der Waals surface area contributed by atoms with Crippen LogP contribution in [0, 0.1) is 0 Å². The van der Waals surface area contributed by atoms with Crippen LogP contribution in [-0.2, 0) is 9.59 Å². The predicted octanol–water partition coefficient (Wildman–Crippen LogP) is 3.89. The van der Waals surface area contributed by atoms with Gasteiger partial charge >= 0.3 is 0 Å². The van der Waals surface area contributed by atoms with Gasteiger partial charge in [0.2, 0.25) is 11.8 Å². The lowest BCUT2D eigenvalue weighted by Gasteiger charge is -2.39. The molecule has 1 fully saturated rings. The fourth-order valence-corrected chi connectivity index (χ4v) is 5.21. The summed E-state index contributed by atoms with van der Waals surface area (Å²) in [6.07, 6.45) is 1.21. The molecule has 4 rings (SSSR count). The van der Waals surface area contributed by atoms with Crippen LogP contribution in [-0.4, -0.2) is 74.9 Å². The van der Waals surface area contributed by atoms with E-state index in [1.165, 1.54) is 0 Å². The maximum atomic E-state index is 12.7. The molecular formula is C26H31N5O3S. The molecule has 1 atom stereocenters. The highest BCUT2D eigenvalue weighted by molar-refractivity contribution is 7.99. The first-order valence-corrected chi connectivity index (χ1v) is 12.8. The number of piperazine rings is 1. The molecule has 1 saturated heterocycles. The molecule has 9 heteroatoms. The molecule has 3 aromatic rings. The van der Waals surface area contributed by atoms with Crippen molar-refractivity contribution in [2.75, 3.05) is 32.5 Å². The number of rotatable bonds is 8. The van der Waals surface area contributed by atoms with E-state index in [4.69, 9.17) is 4.74 Å². The second kappa shape index (κ2) is 11.4. The fourth-order valence-electron chi connectivity index (χ4n) is 4.32. The molecule has 8 nitrogen and oxygen atoms in total. The number of carbonyl (C=O) groups excluding carboxylic acids is 2. The summed E-state index contributed by atoms with van der Waals surface area (Å²) in [5.41, 5.74) is 1.90. The Morgan fingerprint density at radius 1 is 1.09 bits per heavy atom. The molecule has 0 spiro atoms. The first kappa shape index (κ1) is 24.8. The number of thioether (sulfide) groups is 1. The number of ether oxygens (including phenoxy) is 1. The van der Waals surface area contributed by atoms with Crippen molar-refractivity contribution in [3.8, 4) is 22.8 Å². The van der Waals surface area contributed by atoms with Crippen LogP contribution in [0.4, 0.5) is 0 Å². The highest BCUT2D eigenvalue weighted by Crippen LogP contribution is 2.30. The summed E-state index contributed by atoms with van der Waals surface area (Å²) < 4.78 is 7.43. The van der Waals surface area contributed by atoms with Gasteiger partial charge in [-0.3, -0.25) is 14.2 Å². The average molecular weight is 494 g/mol. The molecule has 2 amide bonds. The zero-order valence-corrected chi connectivity index (χ0v) is 21.2. The monoisotopic (exact) mass is 493 g/mol. The smallest absolute Gasteiger partial charge is 0.222 e. The first-order valence-electron chi connectivity index (χ1n) is 11.8. The molecule has 1 aliphatic rings. The quantitative estimate of drug-likeness (QED) is 0.350. The van der Waals surface area contributed by atoms with E-state index < -0.39 is 0 Å². The molecule has 2 heterocycles. The van der Waals surface area contributed by atoms with E-state index in [1.54, 1.807) is 25.8 Å². The maximum Gasteiger partial charge on any atom is 0.222 e. The van der Waals surface area contributed by atoms with E-state index in [0.29, 0.717) is 26.1 Å². The topological polar surface area (TPSA) is 80.6 Å². The Balaban J connectivity index is 1.41. The van der Waals surface area contributed by atoms with Gasteiger partial charge in [0.1, 0.15) is 5.75 Å². The van der Waals surface area contributed by atoms with E-state index in [9.17, 15) is 9.59 Å². The van der Waals surface area contributed by atoms with Crippen molar-refractivity contribution in [2.24, 2.45) is 0 Å². The highest BCUT2D eigenvalue weighted by atomic mass is 32.2. The molecule has 0 N–H and O–H groups in total. The summed E-state index contributed by atoms with van der Waals surface area (Å²) in [4.78, 5) is 28.1. The van der Waals surface area contributed by atoms with Gasteiger partial charge in [-0.15, -0.1) is 10.2 Å². The van der Waals surface area contributed by atoms with Crippen LogP contribution in [0.2, 0.25) is 0 Å². The summed E-state index contributed by atoms with van der Waals surface area (Å²) in [6, 6.07) is 17.9. The van der Waals surface area contributed by atoms with Gasteiger partial charge in [0, 0.05) is 56.0 Å². The Labute approximate surface area is 210 Å². The van der Waals surface area contributed by atoms with Gasteiger partial charge in [-0.1, -0.05) is 42.1 Å². The summed E-state index contributed by atoms with van der Waals surface area (Å²) >= 11 is 1.60. The SMILES string of the molecule is COc1cccc(-c2nnc(SCCCC(=O)N3CCN(C(C)=O)C(C)C3)n2-c2ccccc2)c1. The third-order valence-electron chi connectivity index (χ3n) is 6.13. The zero-order chi connectivity index (χ0) is 24.8. The van der Waals surface area contributed by atoms with Crippen LogP contribution in [0.1, 0.15) is 26.7 Å². The Kier molecular flexibility index (Phi) is 8.07. The summed E-state index contributed by atoms with van der Waals surface area (Å²) in [7, 11) is 1.65. The number of amides is 2. The van der Waals surface area contributed by atoms with Gasteiger partial charge in [-0.05, 0) is 37.6 Å². The number of para-hydroxylation sites is 1. The Morgan fingerprint density at radius 2 is 1.89 bits per heavy atom. The summed E-state index contributed by atoms with van der Waals surface area (Å²) in [5, 5.41) is 9.73. The molecule has 0 aliphatic carbocycles. The van der Waals surface area contributed by atoms with Crippen molar-refractivity contribution in [3.63, 3.8) is 0 Å². The van der Waals surface area contributed by atoms with E-state index in [-0.39, 0.29) is 17.9 Å². The minimum absolute atomic E-state index is 0.0547. The summed E-state index contributed by atoms with van der Waals surface area (Å²) in [5.74, 6) is 2.46. The fraction of sp³-hybridized carbons (Fsp3) is 0.385. The molecule has 35 heavy (non-hydrogen) atoms. The lowest BCUT2D eigenvalue weighted by molar-refractivity contribution is -0.141. The number of nitrogens with zero attached hydrogens (tertiary/aromatic N) is 5. The van der Waals surface area contributed by atoms with Gasteiger partial charge in [-0.2, -0.15) is 0 Å². The van der Waals surface area contributed by atoms with Crippen molar-refractivity contribution in [1.82, 2.24) is 24.6 Å². The van der Waals surface area contributed by atoms with Crippen LogP contribution in [0.15, 0.2) is 59.8 Å². The Morgan fingerprint density at radius 3 is 2.60 bits per heavy atom. The van der Waals surface area contributed by atoms with Crippen molar-refractivity contribution in [1.29, 1.82) is 0 Å². The normalized spacial score (nSPS) is 15.8. The minimum Gasteiger partial charge on any atom is -0.497 e. The van der Waals surface area contributed by atoms with E-state index in [1.807, 2.05) is 75.9 Å². The molecule has 2 aromatic carbocycles. The van der Waals surface area contributed by atoms with Gasteiger partial charge < -0.3 is 14.5 Å². The zero-order valence-electron chi connectivity index (χ0n) is 20.4. The third-order valence-corrected chi connectivity index (χ3v) is 7.14. The molecule has 0 radical (unpaired) electrons. The van der Waals surface area contributed by atoms with Crippen molar-refractivity contribution >= 4 is 23.6 Å². The molecule has 184 valence electrons. The number of hydrogen-bond acceptors (Lipinski definition) is 6. The van der Waals surface area contributed by atoms with Gasteiger partial charge in [-0.25, -0.2) is 0 Å². The maximum absolute atomic E-state index is 12.7. The molecule has 0 saturated carbocycles. The van der Waals surface area contributed by atoms with Crippen molar-refractivity contribution < 1.29 is 14.3 Å². The van der Waals surface area contributed by atoms with E-state index in [2.05, 4.69) is 10.2 Å². The average Bonchev–Trinajstić information content (AvgIpc) is 3.30. The Hall–Kier alpha value is -3.33. The second-order valence-electron chi connectivity index (χ2n) is 8.56. The van der Waals surface area contributed by atoms with Crippen LogP contribution in [0.5, 0.6) is 5.75 Å². The number of methoxy groups -OCH3 is 1. The van der Waals surface area contributed by atoms with Crippen LogP contribution < -0.4 is 4.74 Å². The standard InChI is InChI=1S/C26H31N5O3S/c1-19-18-29(14-15-30(19)20(2)32)24(33)13-8-16-35-26-28-27-25(21-9-7-12-23(17-21)34-3)31(26)22-10-5-4-6-11-22/h4-7,9-12,17,19H,8,13-16,18H2,1-3H3. The van der Waals surface area contributed by atoms with Crippen LogP contribution in [0.3, 0.4) is 0 Å². The van der Waals surface area contributed by atoms with Crippen LogP contribution in [0.25, 0.3) is 17.1 Å². The summed E-state index contributed by atoms with van der Waals surface area (Å²) in [6.45, 7) is 5.37. The molecule has 1 unspecified atom stereocenters. The minimum atomic E-state index is 0.0547. The van der Waals surface area contributed by atoms with Crippen molar-refractivity contribution in [2.45, 2.75) is 37.9 Å². The molecule has 0 bridgehead atoms. The first-order chi connectivity index (χ1) is 17.0. The Bertz CT molecular complexity index is 1170. The number of hydrogen-bond donors (Lipinski definition) is 0. The lowest BCUT2D eigenvalue weighted by Crippen LogP contribution is -2.54. The largest absolute Gasteiger partial charge is 0.497 e. The van der Waals surface area contributed by atoms with Gasteiger partial charge in [0.05, 0.1) is 7.11 Å². The van der Waals surface area contributed by atoms with Gasteiger partial charge in [0.25, 0.3) is 0 Å². The predicted molar refractivity (Wildman–Crippen MR) is 137 cm³/mol. The molecule has 1 aromatic heterocycles. The van der Waals surface area contributed by atoms with Crippen LogP contribution >= 0.6 is 11.8 Å². The molecule has 1 aliphatic heterocycles. The van der Waals surface area contributed by atoms with E-state index in [0.717, 1.165) is 40.2 Å². The number of carbonyl (C=O) groups is 2. The van der Waals surface area contributed by atoms with Gasteiger partial charge in [0.15, 0.2) is 11.0 Å². The van der Waals surface area contributed by atoms with E-state index >= 15 is 0 Å². The second-order valence-corrected chi connectivity index (χ2v) is 9.62. The number of aromatic nitrogens is 3. The third kappa shape index (κ3) is 5.85.